The normalized spacial score (nSPS) is 18.5. The van der Waals surface area contributed by atoms with Gasteiger partial charge in [-0.1, -0.05) is 55.1 Å². The molecule has 1 aliphatic carbocycles. The number of allylic oxidation sites excluding steroid dienone is 3. The molecule has 1 aliphatic rings. The molecule has 0 heteroatoms. The first kappa shape index (κ1) is 14.6. The Balaban J connectivity index is 2.10. The number of benzene rings is 2. The zero-order chi connectivity index (χ0) is 15.7. The summed E-state index contributed by atoms with van der Waals surface area (Å²) in [6, 6.07) is 15.3. The number of rotatable bonds is 3. The molecule has 0 bridgehead atoms. The molecular formula is C22H22. The lowest BCUT2D eigenvalue weighted by atomic mass is 9.94. The second kappa shape index (κ2) is 5.81. The van der Waals surface area contributed by atoms with Gasteiger partial charge in [-0.15, -0.1) is 6.58 Å². The molecule has 0 spiro atoms. The standard InChI is InChI=1S/C22H22/c1-5-8-19-17(4)22(21-10-7-6-9-20(19)21)14-18-12-11-15(2)16(3)13-18/h5-7,9-14,19H,1,4,8H2,2-3H3/b22-14+. The van der Waals surface area contributed by atoms with Crippen molar-refractivity contribution in [3.05, 3.63) is 95.1 Å². The molecule has 0 N–H and O–H groups in total. The van der Waals surface area contributed by atoms with Crippen LogP contribution >= 0.6 is 0 Å². The molecule has 0 heterocycles. The van der Waals surface area contributed by atoms with E-state index < -0.39 is 0 Å². The van der Waals surface area contributed by atoms with E-state index in [0.717, 1.165) is 6.42 Å². The first-order valence-electron chi connectivity index (χ1n) is 7.80. The first-order chi connectivity index (χ1) is 10.6. The lowest BCUT2D eigenvalue weighted by Crippen LogP contribution is -1.93. The Hall–Kier alpha value is -2.34. The SMILES string of the molecule is C=CCC1C(=C)/C(=C\c2ccc(C)c(C)c2)c2ccccc21. The quantitative estimate of drug-likeness (QED) is 0.600. The molecule has 0 fully saturated rings. The molecule has 1 atom stereocenters. The van der Waals surface area contributed by atoms with E-state index in [1.165, 1.54) is 39.0 Å². The van der Waals surface area contributed by atoms with Gasteiger partial charge in [0.25, 0.3) is 0 Å². The van der Waals surface area contributed by atoms with E-state index in [4.69, 9.17) is 0 Å². The van der Waals surface area contributed by atoms with E-state index in [2.05, 4.69) is 75.5 Å². The van der Waals surface area contributed by atoms with Crippen LogP contribution in [0, 0.1) is 13.8 Å². The molecule has 0 aliphatic heterocycles. The maximum absolute atomic E-state index is 4.37. The van der Waals surface area contributed by atoms with Gasteiger partial charge < -0.3 is 0 Å². The second-order valence-corrected chi connectivity index (χ2v) is 6.09. The van der Waals surface area contributed by atoms with Crippen LogP contribution in [0.5, 0.6) is 0 Å². The van der Waals surface area contributed by atoms with Crippen molar-refractivity contribution in [1.29, 1.82) is 0 Å². The van der Waals surface area contributed by atoms with Crippen molar-refractivity contribution < 1.29 is 0 Å². The zero-order valence-corrected chi connectivity index (χ0v) is 13.4. The summed E-state index contributed by atoms with van der Waals surface area (Å²) < 4.78 is 0. The van der Waals surface area contributed by atoms with E-state index in [-0.39, 0.29) is 0 Å². The van der Waals surface area contributed by atoms with E-state index >= 15 is 0 Å². The molecule has 2 aromatic carbocycles. The number of hydrogen-bond donors (Lipinski definition) is 0. The Kier molecular flexibility index (Phi) is 3.85. The summed E-state index contributed by atoms with van der Waals surface area (Å²) in [6.07, 6.45) is 5.21. The molecule has 0 radical (unpaired) electrons. The Morgan fingerprint density at radius 3 is 2.55 bits per heavy atom. The van der Waals surface area contributed by atoms with Crippen LogP contribution in [0.3, 0.4) is 0 Å². The van der Waals surface area contributed by atoms with Crippen molar-refractivity contribution >= 4 is 11.6 Å². The van der Waals surface area contributed by atoms with Gasteiger partial charge in [0, 0.05) is 5.92 Å². The maximum Gasteiger partial charge on any atom is 0.0130 e. The molecule has 1 unspecified atom stereocenters. The van der Waals surface area contributed by atoms with Gasteiger partial charge in [-0.3, -0.25) is 0 Å². The van der Waals surface area contributed by atoms with Crippen LogP contribution < -0.4 is 0 Å². The predicted molar refractivity (Wildman–Crippen MR) is 96.9 cm³/mol. The Labute approximate surface area is 133 Å². The van der Waals surface area contributed by atoms with Crippen molar-refractivity contribution in [3.8, 4) is 0 Å². The summed E-state index contributed by atoms with van der Waals surface area (Å²) in [7, 11) is 0. The van der Waals surface area contributed by atoms with Gasteiger partial charge in [0.1, 0.15) is 0 Å². The van der Waals surface area contributed by atoms with Crippen LogP contribution in [0.1, 0.15) is 40.2 Å². The van der Waals surface area contributed by atoms with Gasteiger partial charge in [-0.2, -0.15) is 0 Å². The van der Waals surface area contributed by atoms with E-state index in [9.17, 15) is 0 Å². The lowest BCUT2D eigenvalue weighted by molar-refractivity contribution is 0.860. The van der Waals surface area contributed by atoms with Crippen LogP contribution in [0.15, 0.2) is 67.3 Å². The predicted octanol–water partition coefficient (Wildman–Crippen LogP) is 6.07. The summed E-state index contributed by atoms with van der Waals surface area (Å²) in [5.74, 6) is 0.367. The molecule has 0 aromatic heterocycles. The number of fused-ring (bicyclic) bond motifs is 1. The lowest BCUT2D eigenvalue weighted by Gasteiger charge is -2.09. The summed E-state index contributed by atoms with van der Waals surface area (Å²) in [6.45, 7) is 12.6. The fraction of sp³-hybridized carbons (Fsp3) is 0.182. The molecule has 22 heavy (non-hydrogen) atoms. The maximum atomic E-state index is 4.37. The summed E-state index contributed by atoms with van der Waals surface area (Å²) in [5, 5.41) is 0. The van der Waals surface area contributed by atoms with Crippen molar-refractivity contribution in [1.82, 2.24) is 0 Å². The fourth-order valence-corrected chi connectivity index (χ4v) is 3.22. The van der Waals surface area contributed by atoms with Crippen molar-refractivity contribution in [2.24, 2.45) is 0 Å². The summed E-state index contributed by atoms with van der Waals surface area (Å²) in [4.78, 5) is 0. The molecule has 0 saturated carbocycles. The summed E-state index contributed by atoms with van der Waals surface area (Å²) in [5.41, 5.74) is 9.07. The molecule has 0 saturated heterocycles. The van der Waals surface area contributed by atoms with Gasteiger partial charge in [0.2, 0.25) is 0 Å². The van der Waals surface area contributed by atoms with Crippen LogP contribution in [0.2, 0.25) is 0 Å². The topological polar surface area (TPSA) is 0 Å². The summed E-state index contributed by atoms with van der Waals surface area (Å²) >= 11 is 0. The Morgan fingerprint density at radius 1 is 1.05 bits per heavy atom. The minimum atomic E-state index is 0.367. The number of aryl methyl sites for hydroxylation is 2. The zero-order valence-electron chi connectivity index (χ0n) is 13.4. The van der Waals surface area contributed by atoms with Crippen molar-refractivity contribution in [2.75, 3.05) is 0 Å². The van der Waals surface area contributed by atoms with Gasteiger partial charge >= 0.3 is 0 Å². The van der Waals surface area contributed by atoms with E-state index in [1.54, 1.807) is 0 Å². The largest absolute Gasteiger partial charge is 0.103 e. The average molecular weight is 286 g/mol. The second-order valence-electron chi connectivity index (χ2n) is 6.09. The van der Waals surface area contributed by atoms with Gasteiger partial charge in [0.05, 0.1) is 0 Å². The Bertz CT molecular complexity index is 774. The minimum Gasteiger partial charge on any atom is -0.103 e. The van der Waals surface area contributed by atoms with Crippen LogP contribution in [0.4, 0.5) is 0 Å². The molecule has 3 rings (SSSR count). The average Bonchev–Trinajstić information content (AvgIpc) is 2.77. The molecule has 2 aromatic rings. The van der Waals surface area contributed by atoms with E-state index in [1.807, 2.05) is 6.08 Å². The molecule has 110 valence electrons. The smallest absolute Gasteiger partial charge is 0.0130 e. The molecule has 0 amide bonds. The van der Waals surface area contributed by atoms with Gasteiger partial charge in [-0.25, -0.2) is 0 Å². The first-order valence-corrected chi connectivity index (χ1v) is 7.80. The molecule has 0 nitrogen and oxygen atoms in total. The fourth-order valence-electron chi connectivity index (χ4n) is 3.22. The van der Waals surface area contributed by atoms with Crippen molar-refractivity contribution in [3.63, 3.8) is 0 Å². The highest BCUT2D eigenvalue weighted by Gasteiger charge is 2.28. The minimum absolute atomic E-state index is 0.367. The highest BCUT2D eigenvalue weighted by atomic mass is 14.3. The highest BCUT2D eigenvalue weighted by molar-refractivity contribution is 5.96. The van der Waals surface area contributed by atoms with Crippen LogP contribution in [-0.2, 0) is 0 Å². The monoisotopic (exact) mass is 286 g/mol. The third-order valence-corrected chi connectivity index (χ3v) is 4.64. The van der Waals surface area contributed by atoms with Crippen LogP contribution in [0.25, 0.3) is 11.6 Å². The molecular weight excluding hydrogens is 264 g/mol. The van der Waals surface area contributed by atoms with Gasteiger partial charge in [0.15, 0.2) is 0 Å². The number of hydrogen-bond acceptors (Lipinski definition) is 0. The van der Waals surface area contributed by atoms with Crippen molar-refractivity contribution in [2.45, 2.75) is 26.2 Å². The Morgan fingerprint density at radius 2 is 1.82 bits per heavy atom. The highest BCUT2D eigenvalue weighted by Crippen LogP contribution is 2.47. The third kappa shape index (κ3) is 2.46. The third-order valence-electron chi connectivity index (χ3n) is 4.64. The van der Waals surface area contributed by atoms with Crippen LogP contribution in [-0.4, -0.2) is 0 Å². The van der Waals surface area contributed by atoms with E-state index in [0.29, 0.717) is 5.92 Å². The van der Waals surface area contributed by atoms with Gasteiger partial charge in [-0.05, 0) is 65.3 Å².